The van der Waals surface area contributed by atoms with Crippen LogP contribution in [0.25, 0.3) is 0 Å². The number of fused-ring (bicyclic) bond motifs is 1. The Morgan fingerprint density at radius 2 is 2.42 bits per heavy atom. The van der Waals surface area contributed by atoms with Crippen LogP contribution in [0.5, 0.6) is 0 Å². The number of nitrogens with zero attached hydrogens (tertiary/aromatic N) is 2. The molecule has 0 aromatic carbocycles. The van der Waals surface area contributed by atoms with E-state index in [0.29, 0.717) is 5.92 Å². The summed E-state index contributed by atoms with van der Waals surface area (Å²) in [5.41, 5.74) is 1.08. The second-order valence-corrected chi connectivity index (χ2v) is 6.02. The van der Waals surface area contributed by atoms with Crippen LogP contribution in [0.4, 0.5) is 0 Å². The summed E-state index contributed by atoms with van der Waals surface area (Å²) in [5, 5.41) is 0. The van der Waals surface area contributed by atoms with Crippen LogP contribution in [-0.4, -0.2) is 35.6 Å². The van der Waals surface area contributed by atoms with Gasteiger partial charge in [-0.1, -0.05) is 6.42 Å². The fourth-order valence-corrected chi connectivity index (χ4v) is 3.94. The molecule has 4 nitrogen and oxygen atoms in total. The SMILES string of the molecule is COC(=O)[C@@]12CCC[C@H]1CN(Cc1cccn1C)C2. The standard InChI is InChI=1S/C15H22N2O2/c1-16-8-4-6-13(16)10-17-9-12-5-3-7-15(12,11-17)14(18)19-2/h4,6,8,12H,3,5,7,9-11H2,1-2H3/t12-,15+/m0/s1. The van der Waals surface area contributed by atoms with E-state index in [2.05, 4.69) is 34.8 Å². The molecule has 2 aliphatic rings. The first kappa shape index (κ1) is 12.7. The third-order valence-electron chi connectivity index (χ3n) is 4.97. The van der Waals surface area contributed by atoms with Crippen LogP contribution in [0.3, 0.4) is 0 Å². The van der Waals surface area contributed by atoms with Crippen molar-refractivity contribution in [2.75, 3.05) is 20.2 Å². The first-order valence-corrected chi connectivity index (χ1v) is 7.07. The number of aryl methyl sites for hydroxylation is 1. The Labute approximate surface area is 114 Å². The van der Waals surface area contributed by atoms with Gasteiger partial charge in [0.05, 0.1) is 12.5 Å². The normalized spacial score (nSPS) is 30.5. The average Bonchev–Trinajstić information content (AvgIpc) is 3.04. The molecule has 0 N–H and O–H groups in total. The maximum atomic E-state index is 12.2. The highest BCUT2D eigenvalue weighted by Crippen LogP contribution is 2.49. The highest BCUT2D eigenvalue weighted by Gasteiger charge is 2.55. The van der Waals surface area contributed by atoms with Crippen LogP contribution in [0.2, 0.25) is 0 Å². The predicted octanol–water partition coefficient (Wildman–Crippen LogP) is 1.80. The van der Waals surface area contributed by atoms with Gasteiger partial charge in [-0.2, -0.15) is 0 Å². The zero-order chi connectivity index (χ0) is 13.5. The largest absolute Gasteiger partial charge is 0.469 e. The zero-order valence-corrected chi connectivity index (χ0v) is 11.8. The molecule has 3 rings (SSSR count). The number of ether oxygens (including phenoxy) is 1. The summed E-state index contributed by atoms with van der Waals surface area (Å²) in [6.07, 6.45) is 5.40. The number of likely N-dealkylation sites (tertiary alicyclic amines) is 1. The van der Waals surface area contributed by atoms with Gasteiger partial charge in [0, 0.05) is 38.6 Å². The first-order valence-electron chi connectivity index (χ1n) is 7.07. The smallest absolute Gasteiger partial charge is 0.313 e. The maximum absolute atomic E-state index is 12.2. The second-order valence-electron chi connectivity index (χ2n) is 6.02. The molecular weight excluding hydrogens is 240 g/mol. The Morgan fingerprint density at radius 1 is 1.58 bits per heavy atom. The van der Waals surface area contributed by atoms with E-state index in [1.807, 2.05) is 0 Å². The molecule has 1 saturated carbocycles. The zero-order valence-electron chi connectivity index (χ0n) is 11.8. The fraction of sp³-hybridized carbons (Fsp3) is 0.667. The molecule has 2 fully saturated rings. The molecule has 19 heavy (non-hydrogen) atoms. The second kappa shape index (κ2) is 4.67. The molecule has 0 unspecified atom stereocenters. The molecule has 2 atom stereocenters. The van der Waals surface area contributed by atoms with Gasteiger partial charge >= 0.3 is 5.97 Å². The number of methoxy groups -OCH3 is 1. The van der Waals surface area contributed by atoms with E-state index in [1.54, 1.807) is 0 Å². The van der Waals surface area contributed by atoms with Crippen molar-refractivity contribution >= 4 is 5.97 Å². The number of hydrogen-bond acceptors (Lipinski definition) is 3. The quantitative estimate of drug-likeness (QED) is 0.779. The molecule has 1 aliphatic carbocycles. The lowest BCUT2D eigenvalue weighted by Crippen LogP contribution is -2.36. The minimum atomic E-state index is -0.222. The lowest BCUT2D eigenvalue weighted by atomic mass is 9.81. The van der Waals surface area contributed by atoms with Crippen molar-refractivity contribution in [2.45, 2.75) is 25.8 Å². The van der Waals surface area contributed by atoms with Crippen LogP contribution in [-0.2, 0) is 23.1 Å². The molecule has 1 aliphatic heterocycles. The Balaban J connectivity index is 1.75. The monoisotopic (exact) mass is 262 g/mol. The van der Waals surface area contributed by atoms with Crippen molar-refractivity contribution in [2.24, 2.45) is 18.4 Å². The van der Waals surface area contributed by atoms with Crippen LogP contribution in [0.1, 0.15) is 25.0 Å². The molecule has 0 spiro atoms. The summed E-state index contributed by atoms with van der Waals surface area (Å²) < 4.78 is 7.23. The maximum Gasteiger partial charge on any atom is 0.313 e. The summed E-state index contributed by atoms with van der Waals surface area (Å²) in [5.74, 6) is 0.490. The number of aromatic nitrogens is 1. The van der Waals surface area contributed by atoms with Crippen LogP contribution >= 0.6 is 0 Å². The van der Waals surface area contributed by atoms with Crippen molar-refractivity contribution in [3.05, 3.63) is 24.0 Å². The lowest BCUT2D eigenvalue weighted by molar-refractivity contribution is -0.153. The predicted molar refractivity (Wildman–Crippen MR) is 72.5 cm³/mol. The third kappa shape index (κ3) is 1.98. The number of carbonyl (C=O) groups is 1. The van der Waals surface area contributed by atoms with Crippen LogP contribution < -0.4 is 0 Å². The molecular formula is C15H22N2O2. The van der Waals surface area contributed by atoms with Gasteiger partial charge < -0.3 is 9.30 Å². The van der Waals surface area contributed by atoms with E-state index >= 15 is 0 Å². The number of rotatable bonds is 3. The summed E-state index contributed by atoms with van der Waals surface area (Å²) in [4.78, 5) is 14.6. The molecule has 1 aromatic rings. The van der Waals surface area contributed by atoms with Crippen molar-refractivity contribution in [3.63, 3.8) is 0 Å². The number of carbonyl (C=O) groups excluding carboxylic acids is 1. The molecule has 0 radical (unpaired) electrons. The van der Waals surface area contributed by atoms with Gasteiger partial charge in [0.15, 0.2) is 0 Å². The minimum Gasteiger partial charge on any atom is -0.469 e. The van der Waals surface area contributed by atoms with Gasteiger partial charge in [-0.05, 0) is 30.9 Å². The fourth-order valence-electron chi connectivity index (χ4n) is 3.94. The van der Waals surface area contributed by atoms with Crippen molar-refractivity contribution in [1.29, 1.82) is 0 Å². The summed E-state index contributed by atoms with van der Waals surface area (Å²) in [7, 11) is 3.59. The average molecular weight is 262 g/mol. The minimum absolute atomic E-state index is 0.00406. The van der Waals surface area contributed by atoms with E-state index in [1.165, 1.54) is 19.2 Å². The van der Waals surface area contributed by atoms with Gasteiger partial charge in [0.2, 0.25) is 0 Å². The van der Waals surface area contributed by atoms with Crippen LogP contribution in [0, 0.1) is 11.3 Å². The Bertz CT molecular complexity index is 482. The lowest BCUT2D eigenvalue weighted by Gasteiger charge is -2.25. The molecule has 0 amide bonds. The summed E-state index contributed by atoms with van der Waals surface area (Å²) >= 11 is 0. The van der Waals surface area contributed by atoms with Gasteiger partial charge in [-0.25, -0.2) is 0 Å². The van der Waals surface area contributed by atoms with Gasteiger partial charge in [0.25, 0.3) is 0 Å². The van der Waals surface area contributed by atoms with Gasteiger partial charge in [-0.15, -0.1) is 0 Å². The topological polar surface area (TPSA) is 34.5 Å². The molecule has 0 bridgehead atoms. The Hall–Kier alpha value is -1.29. The van der Waals surface area contributed by atoms with E-state index in [4.69, 9.17) is 4.74 Å². The molecule has 104 valence electrons. The van der Waals surface area contributed by atoms with Crippen molar-refractivity contribution in [3.8, 4) is 0 Å². The molecule has 1 saturated heterocycles. The van der Waals surface area contributed by atoms with Gasteiger partial charge in [0.1, 0.15) is 0 Å². The van der Waals surface area contributed by atoms with Gasteiger partial charge in [-0.3, -0.25) is 9.69 Å². The Kier molecular flexibility index (Phi) is 3.13. The third-order valence-corrected chi connectivity index (χ3v) is 4.97. The summed E-state index contributed by atoms with van der Waals surface area (Å²) in [6, 6.07) is 4.22. The van der Waals surface area contributed by atoms with E-state index in [-0.39, 0.29) is 11.4 Å². The molecule has 4 heteroatoms. The van der Waals surface area contributed by atoms with Crippen LogP contribution in [0.15, 0.2) is 18.3 Å². The van der Waals surface area contributed by atoms with E-state index < -0.39 is 0 Å². The number of esters is 1. The first-order chi connectivity index (χ1) is 9.15. The molecule has 1 aromatic heterocycles. The van der Waals surface area contributed by atoms with E-state index in [0.717, 1.165) is 32.5 Å². The Morgan fingerprint density at radius 3 is 3.11 bits per heavy atom. The molecule has 2 heterocycles. The van der Waals surface area contributed by atoms with E-state index in [9.17, 15) is 4.79 Å². The number of hydrogen-bond donors (Lipinski definition) is 0. The highest BCUT2D eigenvalue weighted by atomic mass is 16.5. The summed E-state index contributed by atoms with van der Waals surface area (Å²) in [6.45, 7) is 2.81. The highest BCUT2D eigenvalue weighted by molar-refractivity contribution is 5.78. The van der Waals surface area contributed by atoms with Crippen molar-refractivity contribution in [1.82, 2.24) is 9.47 Å². The van der Waals surface area contributed by atoms with Crippen molar-refractivity contribution < 1.29 is 9.53 Å².